The molecule has 0 bridgehead atoms. The van der Waals surface area contributed by atoms with Crippen LogP contribution in [0.3, 0.4) is 0 Å². The topological polar surface area (TPSA) is 128 Å². The highest BCUT2D eigenvalue weighted by Crippen LogP contribution is 2.45. The smallest absolute Gasteiger partial charge is 0.338 e. The predicted molar refractivity (Wildman–Crippen MR) is 106 cm³/mol. The molecule has 1 unspecified atom stereocenters. The molecule has 1 aromatic heterocycles. The van der Waals surface area contributed by atoms with Gasteiger partial charge in [0.25, 0.3) is 5.69 Å². The van der Waals surface area contributed by atoms with Crippen LogP contribution >= 0.6 is 11.3 Å². The summed E-state index contributed by atoms with van der Waals surface area (Å²) in [5.74, 6) is -1.58. The number of non-ortho nitro benzene ring substituents is 1. The number of ether oxygens (including phenoxy) is 2. The molecule has 1 aliphatic heterocycles. The Morgan fingerprint density at radius 3 is 2.76 bits per heavy atom. The summed E-state index contributed by atoms with van der Waals surface area (Å²) in [4.78, 5) is 25.2. The molecule has 1 atom stereocenters. The van der Waals surface area contributed by atoms with Crippen molar-refractivity contribution >= 4 is 28.8 Å². The first kappa shape index (κ1) is 20.1. The fourth-order valence-corrected chi connectivity index (χ4v) is 4.04. The molecule has 0 radical (unpaired) electrons. The van der Waals surface area contributed by atoms with Gasteiger partial charge in [-0.25, -0.2) is 4.79 Å². The highest BCUT2D eigenvalue weighted by molar-refractivity contribution is 7.12. The van der Waals surface area contributed by atoms with E-state index in [0.29, 0.717) is 5.56 Å². The van der Waals surface area contributed by atoms with Gasteiger partial charge in [-0.15, -0.1) is 11.3 Å². The second kappa shape index (κ2) is 8.16. The van der Waals surface area contributed by atoms with Gasteiger partial charge in [-0.05, 0) is 26.0 Å². The van der Waals surface area contributed by atoms with E-state index in [4.69, 9.17) is 15.2 Å². The van der Waals surface area contributed by atoms with E-state index in [0.717, 1.165) is 9.75 Å². The number of hydrogen-bond donors (Lipinski definition) is 1. The second-order valence-corrected chi connectivity index (χ2v) is 7.46. The molecule has 0 amide bonds. The maximum absolute atomic E-state index is 12.9. The Morgan fingerprint density at radius 2 is 2.17 bits per heavy atom. The molecule has 2 N–H and O–H groups in total. The van der Waals surface area contributed by atoms with Crippen molar-refractivity contribution in [3.63, 3.8) is 0 Å². The maximum atomic E-state index is 12.9. The van der Waals surface area contributed by atoms with Gasteiger partial charge in [0.15, 0.2) is 0 Å². The minimum Gasteiger partial charge on any atom is -0.463 e. The van der Waals surface area contributed by atoms with Crippen molar-refractivity contribution in [3.8, 4) is 6.07 Å². The third-order valence-electron chi connectivity index (χ3n) is 4.28. The molecule has 2 aromatic rings. The number of nitro benzene ring substituents is 1. The first-order valence-corrected chi connectivity index (χ1v) is 9.49. The maximum Gasteiger partial charge on any atom is 0.338 e. The van der Waals surface area contributed by atoms with Crippen molar-refractivity contribution in [3.05, 3.63) is 78.9 Å². The molecule has 0 saturated heterocycles. The summed E-state index contributed by atoms with van der Waals surface area (Å²) in [7, 11) is 0. The first-order chi connectivity index (χ1) is 13.9. The molecular weight excluding hydrogens is 394 g/mol. The number of aryl methyl sites for hydroxylation is 1. The van der Waals surface area contributed by atoms with E-state index < -0.39 is 16.8 Å². The van der Waals surface area contributed by atoms with Gasteiger partial charge in [-0.2, -0.15) is 5.26 Å². The van der Waals surface area contributed by atoms with Gasteiger partial charge in [-0.3, -0.25) is 10.1 Å². The van der Waals surface area contributed by atoms with Crippen molar-refractivity contribution in [2.24, 2.45) is 5.73 Å². The van der Waals surface area contributed by atoms with E-state index in [1.54, 1.807) is 13.0 Å². The molecule has 148 valence electrons. The molecule has 3 rings (SSSR count). The second-order valence-electron chi connectivity index (χ2n) is 6.14. The average molecular weight is 411 g/mol. The van der Waals surface area contributed by atoms with Gasteiger partial charge in [0, 0.05) is 27.5 Å². The number of carbonyl (C=O) groups excluding carboxylic acids is 1. The predicted octanol–water partition coefficient (Wildman–Crippen LogP) is 3.75. The Morgan fingerprint density at radius 1 is 1.41 bits per heavy atom. The van der Waals surface area contributed by atoms with E-state index in [-0.39, 0.29) is 35.1 Å². The lowest BCUT2D eigenvalue weighted by Gasteiger charge is -2.27. The first-order valence-electron chi connectivity index (χ1n) is 8.67. The number of carbonyl (C=O) groups is 1. The minimum atomic E-state index is -0.791. The zero-order valence-electron chi connectivity index (χ0n) is 15.7. The summed E-state index contributed by atoms with van der Waals surface area (Å²) in [5.41, 5.74) is 6.30. The number of benzene rings is 1. The molecule has 2 heterocycles. The monoisotopic (exact) mass is 411 g/mol. The lowest BCUT2D eigenvalue weighted by Crippen LogP contribution is -2.25. The van der Waals surface area contributed by atoms with Crippen molar-refractivity contribution in [2.75, 3.05) is 6.61 Å². The number of esters is 1. The van der Waals surface area contributed by atoms with Crippen molar-refractivity contribution in [1.82, 2.24) is 0 Å². The van der Waals surface area contributed by atoms with Crippen LogP contribution < -0.4 is 5.73 Å². The van der Waals surface area contributed by atoms with Crippen LogP contribution in [0, 0.1) is 28.4 Å². The normalized spacial score (nSPS) is 16.2. The fourth-order valence-electron chi connectivity index (χ4n) is 3.04. The van der Waals surface area contributed by atoms with Crippen LogP contribution in [0.15, 0.2) is 53.4 Å². The number of hydrogen-bond acceptors (Lipinski definition) is 8. The van der Waals surface area contributed by atoms with Crippen LogP contribution in [0.2, 0.25) is 0 Å². The van der Waals surface area contributed by atoms with Gasteiger partial charge in [0.1, 0.15) is 17.4 Å². The number of nitro groups is 1. The number of nitrogens with two attached hydrogens (primary N) is 1. The minimum absolute atomic E-state index is 0.0414. The van der Waals surface area contributed by atoms with E-state index in [1.165, 1.54) is 29.5 Å². The number of nitriles is 1. The summed E-state index contributed by atoms with van der Waals surface area (Å²) in [5, 5.41) is 20.9. The van der Waals surface area contributed by atoms with E-state index in [2.05, 4.69) is 0 Å². The molecule has 0 spiro atoms. The molecule has 1 aromatic carbocycles. The number of thiophene rings is 1. The standard InChI is InChI=1S/C20H17N3O5S/c1-3-27-20(24)17-16(15-8-7-11(2)29-15)14(10-21)19(22)28-18(17)12-5-4-6-13(9-12)23(25)26/h4-9,16H,3,22H2,1-2H3. The molecule has 8 nitrogen and oxygen atoms in total. The Hall–Kier alpha value is -3.64. The van der Waals surface area contributed by atoms with E-state index in [9.17, 15) is 20.2 Å². The summed E-state index contributed by atoms with van der Waals surface area (Å²) < 4.78 is 10.9. The van der Waals surface area contributed by atoms with E-state index >= 15 is 0 Å². The quantitative estimate of drug-likeness (QED) is 0.451. The van der Waals surface area contributed by atoms with Crippen molar-refractivity contribution in [2.45, 2.75) is 19.8 Å². The van der Waals surface area contributed by atoms with Crippen LogP contribution in [-0.4, -0.2) is 17.5 Å². The molecule has 9 heteroatoms. The molecular formula is C20H17N3O5S. The van der Waals surface area contributed by atoms with Gasteiger partial charge in [-0.1, -0.05) is 12.1 Å². The van der Waals surface area contributed by atoms with Crippen molar-refractivity contribution < 1.29 is 19.2 Å². The van der Waals surface area contributed by atoms with Gasteiger partial charge in [0.2, 0.25) is 5.88 Å². The molecule has 1 aliphatic rings. The number of nitrogens with zero attached hydrogens (tertiary/aromatic N) is 2. The lowest BCUT2D eigenvalue weighted by molar-refractivity contribution is -0.384. The van der Waals surface area contributed by atoms with Crippen LogP contribution in [0.4, 0.5) is 5.69 Å². The third-order valence-corrected chi connectivity index (χ3v) is 5.35. The Labute approximate surface area is 170 Å². The summed E-state index contributed by atoms with van der Waals surface area (Å²) in [6, 6.07) is 11.4. The number of rotatable bonds is 5. The van der Waals surface area contributed by atoms with Crippen LogP contribution in [-0.2, 0) is 14.3 Å². The Balaban J connectivity index is 2.29. The molecule has 0 aliphatic carbocycles. The van der Waals surface area contributed by atoms with Gasteiger partial charge in [0.05, 0.1) is 23.0 Å². The Kier molecular flexibility index (Phi) is 5.66. The highest BCUT2D eigenvalue weighted by atomic mass is 32.1. The SMILES string of the molecule is CCOC(=O)C1=C(c2cccc([N+](=O)[O-])c2)OC(N)=C(C#N)C1c1ccc(C)s1. The third kappa shape index (κ3) is 3.83. The van der Waals surface area contributed by atoms with Gasteiger partial charge < -0.3 is 15.2 Å². The zero-order chi connectivity index (χ0) is 21.1. The Bertz CT molecular complexity index is 1090. The van der Waals surface area contributed by atoms with Crippen LogP contribution in [0.5, 0.6) is 0 Å². The fraction of sp³-hybridized carbons (Fsp3) is 0.200. The van der Waals surface area contributed by atoms with E-state index in [1.807, 2.05) is 25.1 Å². The largest absolute Gasteiger partial charge is 0.463 e. The molecule has 0 fully saturated rings. The zero-order valence-corrected chi connectivity index (χ0v) is 16.5. The highest BCUT2D eigenvalue weighted by Gasteiger charge is 2.39. The summed E-state index contributed by atoms with van der Waals surface area (Å²) in [6.07, 6.45) is 0. The van der Waals surface area contributed by atoms with Crippen molar-refractivity contribution in [1.29, 1.82) is 5.26 Å². The molecule has 0 saturated carbocycles. The average Bonchev–Trinajstić information content (AvgIpc) is 3.13. The summed E-state index contributed by atoms with van der Waals surface area (Å²) in [6.45, 7) is 3.68. The van der Waals surface area contributed by atoms with Crippen LogP contribution in [0.25, 0.3) is 5.76 Å². The van der Waals surface area contributed by atoms with Gasteiger partial charge >= 0.3 is 5.97 Å². The van der Waals surface area contributed by atoms with Crippen LogP contribution in [0.1, 0.15) is 28.2 Å². The number of allylic oxidation sites excluding steroid dienone is 1. The summed E-state index contributed by atoms with van der Waals surface area (Å²) >= 11 is 1.41. The molecule has 29 heavy (non-hydrogen) atoms. The lowest BCUT2D eigenvalue weighted by atomic mass is 9.86.